The molecule has 1 heterocycles. The zero-order valence-corrected chi connectivity index (χ0v) is 22.1. The highest BCUT2D eigenvalue weighted by molar-refractivity contribution is 6.21. The average Bonchev–Trinajstić information content (AvgIpc) is 3.50. The van der Waals surface area contributed by atoms with Crippen molar-refractivity contribution in [1.82, 2.24) is 0 Å². The number of aliphatic hydroxyl groups is 1. The number of esters is 2. The van der Waals surface area contributed by atoms with Crippen LogP contribution in [-0.2, 0) is 23.8 Å². The first-order valence-corrected chi connectivity index (χ1v) is 11.4. The van der Waals surface area contributed by atoms with Crippen molar-refractivity contribution in [3.8, 4) is 0 Å². The van der Waals surface area contributed by atoms with Crippen molar-refractivity contribution in [2.75, 3.05) is 26.4 Å². The highest BCUT2D eigenvalue weighted by atomic mass is 35.5. The first-order valence-electron chi connectivity index (χ1n) is 10.5. The predicted octanol–water partition coefficient (Wildman–Crippen LogP) is 6.65. The SMILES string of the molecule is CC(=O)OC/C=C/C(F)(F)F.CC(=O)OCC(Cl)CC(F)(F)F.FC(F)(F)CC1CO1.OCC(Cl)CC(F)(F)F. The van der Waals surface area contributed by atoms with Crippen LogP contribution in [0.15, 0.2) is 12.2 Å². The fourth-order valence-electron chi connectivity index (χ4n) is 1.62. The third-order valence-electron chi connectivity index (χ3n) is 3.12. The molecule has 3 unspecified atom stereocenters. The van der Waals surface area contributed by atoms with Gasteiger partial charge in [0.05, 0.1) is 49.3 Å². The highest BCUT2D eigenvalue weighted by Gasteiger charge is 2.38. The Morgan fingerprint density at radius 2 is 1.27 bits per heavy atom. The molecule has 40 heavy (non-hydrogen) atoms. The number of carbonyl (C=O) groups excluding carboxylic acids is 2. The van der Waals surface area contributed by atoms with Crippen LogP contribution in [0.3, 0.4) is 0 Å². The van der Waals surface area contributed by atoms with Gasteiger partial charge in [-0.1, -0.05) is 0 Å². The van der Waals surface area contributed by atoms with E-state index < -0.39 is 86.0 Å². The van der Waals surface area contributed by atoms with Crippen LogP contribution >= 0.6 is 23.2 Å². The average molecular weight is 661 g/mol. The van der Waals surface area contributed by atoms with Gasteiger partial charge >= 0.3 is 36.6 Å². The monoisotopic (exact) mass is 660 g/mol. The van der Waals surface area contributed by atoms with E-state index in [-0.39, 0.29) is 19.3 Å². The molecule has 0 aromatic heterocycles. The molecule has 20 heteroatoms. The molecule has 6 nitrogen and oxygen atoms in total. The van der Waals surface area contributed by atoms with Crippen LogP contribution in [0.2, 0.25) is 0 Å². The molecule has 1 N–H and O–H groups in total. The van der Waals surface area contributed by atoms with Gasteiger partial charge < -0.3 is 19.3 Å². The van der Waals surface area contributed by atoms with Gasteiger partial charge in [-0.15, -0.1) is 23.2 Å². The van der Waals surface area contributed by atoms with E-state index in [1.165, 1.54) is 0 Å². The number of halogens is 14. The zero-order chi connectivity index (χ0) is 32.4. The lowest BCUT2D eigenvalue weighted by atomic mass is 10.3. The Kier molecular flexibility index (Phi) is 21.7. The standard InChI is InChI=1S/C6H8ClF3O2.C6H7F3O2.C4H6ClF3O.C4H5F3O/c1-4(11)12-3-5(7)2-6(8,9)10;1-5(10)11-4-2-3-6(7,8)9;5-3(2-9)1-4(6,7)8;5-4(6,7)1-3-2-8-3/h5H,2-3H2,1H3;2-3H,4H2,1H3;3,9H,1-2H2;3H,1-2H2/b;3-2+;;. The fourth-order valence-corrected chi connectivity index (χ4v) is 2.04. The van der Waals surface area contributed by atoms with Crippen molar-refractivity contribution in [1.29, 1.82) is 0 Å². The fraction of sp³-hybridized carbons (Fsp3) is 0.800. The van der Waals surface area contributed by atoms with Crippen molar-refractivity contribution in [2.24, 2.45) is 0 Å². The Hall–Kier alpha value is -1.66. The Labute approximate surface area is 230 Å². The summed E-state index contributed by atoms with van der Waals surface area (Å²) in [5.74, 6) is -1.24. The number of hydrogen-bond acceptors (Lipinski definition) is 6. The summed E-state index contributed by atoms with van der Waals surface area (Å²) in [6, 6.07) is 0. The maximum Gasteiger partial charge on any atom is 0.409 e. The van der Waals surface area contributed by atoms with E-state index in [0.29, 0.717) is 0 Å². The first kappa shape index (κ1) is 42.8. The molecule has 1 saturated heterocycles. The minimum atomic E-state index is -4.33. The second kappa shape index (κ2) is 20.3. The first-order chi connectivity index (χ1) is 17.8. The quantitative estimate of drug-likeness (QED) is 0.103. The molecule has 1 fully saturated rings. The molecule has 1 aliphatic rings. The molecule has 0 saturated carbocycles. The molecule has 0 spiro atoms. The highest BCUT2D eigenvalue weighted by Crippen LogP contribution is 2.28. The summed E-state index contributed by atoms with van der Waals surface area (Å²) in [6.07, 6.45) is -19.8. The molecule has 240 valence electrons. The summed E-state index contributed by atoms with van der Waals surface area (Å²) in [5, 5.41) is 5.66. The van der Waals surface area contributed by atoms with E-state index in [9.17, 15) is 62.3 Å². The van der Waals surface area contributed by atoms with Gasteiger partial charge in [0.25, 0.3) is 0 Å². The number of rotatable bonds is 8. The summed E-state index contributed by atoms with van der Waals surface area (Å²) in [7, 11) is 0. The Morgan fingerprint density at radius 3 is 1.52 bits per heavy atom. The summed E-state index contributed by atoms with van der Waals surface area (Å²) in [4.78, 5) is 20.2. The third kappa shape index (κ3) is 46.2. The van der Waals surface area contributed by atoms with Gasteiger partial charge in [-0.3, -0.25) is 9.59 Å². The molecular formula is C20H26Cl2F12O6. The topological polar surface area (TPSA) is 85.4 Å². The summed E-state index contributed by atoms with van der Waals surface area (Å²) in [6.45, 7) is 1.13. The van der Waals surface area contributed by atoms with Gasteiger partial charge in [-0.2, -0.15) is 52.7 Å². The number of aliphatic hydroxyl groups excluding tert-OH is 1. The van der Waals surface area contributed by atoms with E-state index in [1.54, 1.807) is 0 Å². The molecule has 1 rings (SSSR count). The molecule has 1 aliphatic heterocycles. The molecular weight excluding hydrogens is 635 g/mol. The van der Waals surface area contributed by atoms with Crippen LogP contribution < -0.4 is 0 Å². The zero-order valence-electron chi connectivity index (χ0n) is 20.6. The number of allylic oxidation sites excluding steroid dienone is 1. The maximum absolute atomic E-state index is 11.6. The largest absolute Gasteiger partial charge is 0.464 e. The van der Waals surface area contributed by atoms with Crippen LogP contribution in [0.4, 0.5) is 52.7 Å². The van der Waals surface area contributed by atoms with Gasteiger partial charge in [0, 0.05) is 19.9 Å². The van der Waals surface area contributed by atoms with Crippen molar-refractivity contribution in [2.45, 2.75) is 74.7 Å². The molecule has 0 aromatic rings. The van der Waals surface area contributed by atoms with E-state index >= 15 is 0 Å². The lowest BCUT2D eigenvalue weighted by Gasteiger charge is -2.11. The smallest absolute Gasteiger partial charge is 0.409 e. The van der Waals surface area contributed by atoms with Gasteiger partial charge in [0.2, 0.25) is 0 Å². The van der Waals surface area contributed by atoms with Crippen molar-refractivity contribution < 1.29 is 81.6 Å². The Bertz CT molecular complexity index is 721. The van der Waals surface area contributed by atoms with Crippen LogP contribution in [-0.4, -0.2) is 85.0 Å². The van der Waals surface area contributed by atoms with Crippen molar-refractivity contribution in [3.63, 3.8) is 0 Å². The summed E-state index contributed by atoms with van der Waals surface area (Å²) < 4.78 is 149. The number of hydrogen-bond donors (Lipinski definition) is 1. The van der Waals surface area contributed by atoms with E-state index in [2.05, 4.69) is 14.2 Å². The molecule has 0 radical (unpaired) electrons. The second-order valence-electron chi connectivity index (χ2n) is 7.34. The van der Waals surface area contributed by atoms with E-state index in [1.807, 2.05) is 0 Å². The Balaban J connectivity index is -0.000000461. The minimum Gasteiger partial charge on any atom is -0.464 e. The van der Waals surface area contributed by atoms with Crippen LogP contribution in [0.1, 0.15) is 33.1 Å². The molecule has 0 aliphatic carbocycles. The van der Waals surface area contributed by atoms with Gasteiger partial charge in [-0.05, 0) is 6.08 Å². The van der Waals surface area contributed by atoms with Gasteiger partial charge in [0.1, 0.15) is 13.2 Å². The van der Waals surface area contributed by atoms with E-state index in [4.69, 9.17) is 28.3 Å². The van der Waals surface area contributed by atoms with Crippen molar-refractivity contribution >= 4 is 35.1 Å². The molecule has 3 atom stereocenters. The number of alkyl halides is 14. The van der Waals surface area contributed by atoms with Gasteiger partial charge in [-0.25, -0.2) is 0 Å². The van der Waals surface area contributed by atoms with E-state index in [0.717, 1.165) is 19.9 Å². The third-order valence-corrected chi connectivity index (χ3v) is 3.70. The normalized spacial score (nSPS) is 16.7. The molecule has 0 bridgehead atoms. The minimum absolute atomic E-state index is 0.0238. The number of carbonyl (C=O) groups is 2. The lowest BCUT2D eigenvalue weighted by molar-refractivity contribution is -0.147. The number of epoxide rings is 1. The summed E-state index contributed by atoms with van der Waals surface area (Å²) in [5.41, 5.74) is 0. The maximum atomic E-state index is 11.6. The predicted molar refractivity (Wildman–Crippen MR) is 117 cm³/mol. The molecule has 0 aromatic carbocycles. The molecule has 0 amide bonds. The van der Waals surface area contributed by atoms with Crippen LogP contribution in [0, 0.1) is 0 Å². The van der Waals surface area contributed by atoms with Gasteiger partial charge in [0.15, 0.2) is 0 Å². The van der Waals surface area contributed by atoms with Crippen LogP contribution in [0.25, 0.3) is 0 Å². The second-order valence-corrected chi connectivity index (χ2v) is 8.57. The Morgan fingerprint density at radius 1 is 0.850 bits per heavy atom. The lowest BCUT2D eigenvalue weighted by Crippen LogP contribution is -2.20. The van der Waals surface area contributed by atoms with Crippen LogP contribution in [0.5, 0.6) is 0 Å². The van der Waals surface area contributed by atoms with Crippen molar-refractivity contribution in [3.05, 3.63) is 12.2 Å². The number of ether oxygens (including phenoxy) is 3. The summed E-state index contributed by atoms with van der Waals surface area (Å²) >= 11 is 10.2.